The molecule has 2 aromatic heterocycles. The first kappa shape index (κ1) is 16.7. The number of carbonyl (C=O) groups is 1. The minimum atomic E-state index is -0.477. The van der Waals surface area contributed by atoms with Gasteiger partial charge in [-0.05, 0) is 29.8 Å². The molecule has 1 aromatic carbocycles. The molecule has 1 aliphatic rings. The van der Waals surface area contributed by atoms with Crippen molar-refractivity contribution in [2.24, 2.45) is 0 Å². The van der Waals surface area contributed by atoms with Gasteiger partial charge in [-0.1, -0.05) is 28.9 Å². The van der Waals surface area contributed by atoms with E-state index in [0.29, 0.717) is 36.9 Å². The first-order chi connectivity index (χ1) is 12.6. The monoisotopic (exact) mass is 372 g/mol. The van der Waals surface area contributed by atoms with Crippen molar-refractivity contribution in [1.29, 1.82) is 0 Å². The second-order valence-electron chi connectivity index (χ2n) is 6.10. The summed E-state index contributed by atoms with van der Waals surface area (Å²) >= 11 is 5.80. The first-order valence-electron chi connectivity index (χ1n) is 8.07. The molecule has 0 saturated carbocycles. The van der Waals surface area contributed by atoms with E-state index in [1.165, 1.54) is 12.1 Å². The number of amides is 1. The van der Waals surface area contributed by atoms with Gasteiger partial charge in [0.2, 0.25) is 5.91 Å². The van der Waals surface area contributed by atoms with Crippen LogP contribution in [0.5, 0.6) is 0 Å². The molecule has 0 N–H and O–H groups in total. The van der Waals surface area contributed by atoms with Crippen LogP contribution in [0.2, 0.25) is 5.02 Å². The van der Waals surface area contributed by atoms with Crippen LogP contribution < -0.4 is 0 Å². The van der Waals surface area contributed by atoms with Crippen LogP contribution in [0, 0.1) is 5.82 Å². The van der Waals surface area contributed by atoms with E-state index in [1.54, 1.807) is 29.3 Å². The van der Waals surface area contributed by atoms with Gasteiger partial charge in [0.25, 0.3) is 5.89 Å². The zero-order valence-corrected chi connectivity index (χ0v) is 14.4. The maximum Gasteiger partial charge on any atom is 0.276 e. The van der Waals surface area contributed by atoms with Gasteiger partial charge in [0, 0.05) is 31.6 Å². The predicted octanol–water partition coefficient (Wildman–Crippen LogP) is 3.44. The molecule has 26 heavy (non-hydrogen) atoms. The molecule has 132 valence electrons. The third-order valence-electron chi connectivity index (χ3n) is 4.26. The highest BCUT2D eigenvalue weighted by Gasteiger charge is 2.33. The molecule has 1 unspecified atom stereocenters. The number of likely N-dealkylation sites (tertiary alicyclic amines) is 1. The number of rotatable bonds is 4. The van der Waals surface area contributed by atoms with Crippen molar-refractivity contribution in [3.05, 3.63) is 64.8 Å². The van der Waals surface area contributed by atoms with Crippen LogP contribution in [0.1, 0.15) is 23.7 Å². The predicted molar refractivity (Wildman–Crippen MR) is 91.7 cm³/mol. The Morgan fingerprint density at radius 3 is 2.96 bits per heavy atom. The maximum atomic E-state index is 13.3. The summed E-state index contributed by atoms with van der Waals surface area (Å²) < 4.78 is 18.5. The molecule has 0 aliphatic carbocycles. The fraction of sp³-hybridized carbons (Fsp3) is 0.222. The zero-order valence-electron chi connectivity index (χ0n) is 13.6. The van der Waals surface area contributed by atoms with Crippen LogP contribution in [0.25, 0.3) is 11.6 Å². The van der Waals surface area contributed by atoms with Crippen molar-refractivity contribution in [3.63, 3.8) is 0 Å². The van der Waals surface area contributed by atoms with Gasteiger partial charge in [-0.3, -0.25) is 9.78 Å². The molecule has 3 aromatic rings. The summed E-state index contributed by atoms with van der Waals surface area (Å²) in [7, 11) is 0. The lowest BCUT2D eigenvalue weighted by Gasteiger charge is -2.16. The first-order valence-corrected chi connectivity index (χ1v) is 8.44. The lowest BCUT2D eigenvalue weighted by Crippen LogP contribution is -2.24. The Morgan fingerprint density at radius 1 is 1.31 bits per heavy atom. The molecule has 1 atom stereocenters. The van der Waals surface area contributed by atoms with Crippen LogP contribution in [-0.2, 0) is 11.3 Å². The topological polar surface area (TPSA) is 72.1 Å². The fourth-order valence-electron chi connectivity index (χ4n) is 2.95. The molecule has 3 heterocycles. The van der Waals surface area contributed by atoms with Crippen molar-refractivity contribution in [2.75, 3.05) is 6.54 Å². The third-order valence-corrected chi connectivity index (χ3v) is 4.55. The van der Waals surface area contributed by atoms with E-state index in [4.69, 9.17) is 16.1 Å². The number of hydrogen-bond acceptors (Lipinski definition) is 5. The van der Waals surface area contributed by atoms with Crippen molar-refractivity contribution >= 4 is 17.5 Å². The number of halogens is 2. The van der Waals surface area contributed by atoms with Gasteiger partial charge in [-0.25, -0.2) is 4.39 Å². The minimum Gasteiger partial charge on any atom is -0.338 e. The van der Waals surface area contributed by atoms with Crippen LogP contribution in [-0.4, -0.2) is 32.5 Å². The zero-order chi connectivity index (χ0) is 18.1. The molecule has 1 fully saturated rings. The summed E-state index contributed by atoms with van der Waals surface area (Å²) in [5.41, 5.74) is 1.36. The summed E-state index contributed by atoms with van der Waals surface area (Å²) in [5, 5.41) is 4.05. The largest absolute Gasteiger partial charge is 0.338 e. The molecule has 0 spiro atoms. The van der Waals surface area contributed by atoms with Crippen molar-refractivity contribution < 1.29 is 13.7 Å². The average molecular weight is 373 g/mol. The highest BCUT2D eigenvalue weighted by molar-refractivity contribution is 6.30. The molecule has 1 saturated heterocycles. The van der Waals surface area contributed by atoms with Crippen molar-refractivity contribution in [3.8, 4) is 11.6 Å². The Labute approximate surface area is 153 Å². The van der Waals surface area contributed by atoms with Crippen molar-refractivity contribution in [1.82, 2.24) is 20.0 Å². The number of benzene rings is 1. The molecular weight excluding hydrogens is 359 g/mol. The Morgan fingerprint density at radius 2 is 2.19 bits per heavy atom. The second-order valence-corrected chi connectivity index (χ2v) is 6.50. The van der Waals surface area contributed by atoms with Crippen LogP contribution in [0.15, 0.2) is 47.1 Å². The number of carbonyl (C=O) groups excluding carboxylic acids is 1. The smallest absolute Gasteiger partial charge is 0.276 e. The normalized spacial score (nSPS) is 17.1. The molecule has 0 bridgehead atoms. The summed E-state index contributed by atoms with van der Waals surface area (Å²) in [6, 6.07) is 9.87. The lowest BCUT2D eigenvalue weighted by molar-refractivity contribution is -0.128. The fourth-order valence-corrected chi connectivity index (χ4v) is 3.15. The van der Waals surface area contributed by atoms with E-state index in [2.05, 4.69) is 15.1 Å². The summed E-state index contributed by atoms with van der Waals surface area (Å²) in [6.07, 6.45) is 1.95. The highest BCUT2D eigenvalue weighted by atomic mass is 35.5. The molecule has 6 nitrogen and oxygen atoms in total. The minimum absolute atomic E-state index is 0.0142. The van der Waals surface area contributed by atoms with E-state index >= 15 is 0 Å². The Balaban J connectivity index is 1.48. The van der Waals surface area contributed by atoms with Gasteiger partial charge in [0.1, 0.15) is 11.5 Å². The van der Waals surface area contributed by atoms with Gasteiger partial charge in [-0.15, -0.1) is 0 Å². The summed E-state index contributed by atoms with van der Waals surface area (Å²) in [4.78, 5) is 22.5. The quantitative estimate of drug-likeness (QED) is 0.701. The number of pyridine rings is 1. The summed E-state index contributed by atoms with van der Waals surface area (Å²) in [5.74, 6) is 0.171. The number of hydrogen-bond donors (Lipinski definition) is 0. The van der Waals surface area contributed by atoms with E-state index in [1.807, 2.05) is 6.07 Å². The van der Waals surface area contributed by atoms with E-state index < -0.39 is 5.82 Å². The molecule has 1 aliphatic heterocycles. The summed E-state index contributed by atoms with van der Waals surface area (Å²) in [6.45, 7) is 0.829. The Bertz CT molecular complexity index is 947. The van der Waals surface area contributed by atoms with Gasteiger partial charge in [0.05, 0.1) is 5.02 Å². The number of nitrogens with zero attached hydrogens (tertiary/aromatic N) is 4. The van der Waals surface area contributed by atoms with E-state index in [9.17, 15) is 9.18 Å². The third kappa shape index (κ3) is 3.30. The van der Waals surface area contributed by atoms with Gasteiger partial charge in [-0.2, -0.15) is 4.98 Å². The van der Waals surface area contributed by atoms with Crippen molar-refractivity contribution in [2.45, 2.75) is 18.9 Å². The molecule has 1 amide bonds. The standard InChI is InChI=1S/C18H14ClFN4O2/c19-13-7-11(4-5-14(13)20)9-24-10-12(8-16(24)25)17-22-18(26-23-17)15-3-1-2-6-21-15/h1-7,12H,8-10H2. The second kappa shape index (κ2) is 6.84. The molecule has 8 heteroatoms. The Kier molecular flexibility index (Phi) is 4.38. The van der Waals surface area contributed by atoms with Crippen LogP contribution in [0.4, 0.5) is 4.39 Å². The van der Waals surface area contributed by atoms with Gasteiger partial charge >= 0.3 is 0 Å². The van der Waals surface area contributed by atoms with Gasteiger partial charge in [0.15, 0.2) is 5.82 Å². The average Bonchev–Trinajstić information content (AvgIpc) is 3.27. The molecule has 0 radical (unpaired) electrons. The van der Waals surface area contributed by atoms with E-state index in [-0.39, 0.29) is 16.8 Å². The SMILES string of the molecule is O=C1CC(c2noc(-c3ccccn3)n2)CN1Cc1ccc(F)c(Cl)c1. The van der Waals surface area contributed by atoms with Crippen LogP contribution >= 0.6 is 11.6 Å². The lowest BCUT2D eigenvalue weighted by atomic mass is 10.1. The molecule has 4 rings (SSSR count). The maximum absolute atomic E-state index is 13.3. The van der Waals surface area contributed by atoms with Gasteiger partial charge < -0.3 is 9.42 Å². The highest BCUT2D eigenvalue weighted by Crippen LogP contribution is 2.29. The molecular formula is C18H14ClFN4O2. The van der Waals surface area contributed by atoms with E-state index in [0.717, 1.165) is 5.56 Å². The van der Waals surface area contributed by atoms with Crippen LogP contribution in [0.3, 0.4) is 0 Å². The Hall–Kier alpha value is -2.80. The number of aromatic nitrogens is 3.